The van der Waals surface area contributed by atoms with Crippen molar-refractivity contribution in [3.05, 3.63) is 46.3 Å². The number of azide groups is 1. The fraction of sp³-hybridized carbons (Fsp3) is 0.273. The quantitative estimate of drug-likeness (QED) is 0.339. The second-order valence-corrected chi connectivity index (χ2v) is 3.04. The molecule has 0 radical (unpaired) electrons. The van der Waals surface area contributed by atoms with E-state index in [1.807, 2.05) is 31.3 Å². The van der Waals surface area contributed by atoms with Crippen molar-refractivity contribution in [3.63, 3.8) is 0 Å². The van der Waals surface area contributed by atoms with Gasteiger partial charge < -0.3 is 5.32 Å². The molecule has 1 N–H and O–H groups in total. The van der Waals surface area contributed by atoms with Crippen LogP contribution in [0.5, 0.6) is 0 Å². The average Bonchev–Trinajstić information content (AvgIpc) is 2.27. The Bertz CT molecular complexity index is 378. The van der Waals surface area contributed by atoms with Crippen LogP contribution in [0.15, 0.2) is 35.5 Å². The van der Waals surface area contributed by atoms with Gasteiger partial charge in [-0.1, -0.05) is 41.5 Å². The van der Waals surface area contributed by atoms with E-state index in [1.165, 1.54) is 0 Å². The molecule has 15 heavy (non-hydrogen) atoms. The fourth-order valence-corrected chi connectivity index (χ4v) is 1.21. The molecule has 0 spiro atoms. The molecule has 0 saturated heterocycles. The second kappa shape index (κ2) is 6.65. The molecular weight excluding hydrogens is 188 g/mol. The van der Waals surface area contributed by atoms with Crippen LogP contribution in [0.1, 0.15) is 12.0 Å². The van der Waals surface area contributed by atoms with Gasteiger partial charge in [0.25, 0.3) is 0 Å². The summed E-state index contributed by atoms with van der Waals surface area (Å²) in [6, 6.07) is 7.51. The predicted octanol–water partition coefficient (Wildman–Crippen LogP) is 3.25. The summed E-state index contributed by atoms with van der Waals surface area (Å²) >= 11 is 0. The first-order chi connectivity index (χ1) is 7.38. The number of hydrogen-bond donors (Lipinski definition) is 1. The minimum Gasteiger partial charge on any atom is -0.319 e. The summed E-state index contributed by atoms with van der Waals surface area (Å²) in [4.78, 5) is 2.79. The number of rotatable bonds is 5. The largest absolute Gasteiger partial charge is 0.319 e. The highest BCUT2D eigenvalue weighted by Crippen LogP contribution is 2.20. The van der Waals surface area contributed by atoms with E-state index in [1.54, 1.807) is 6.07 Å². The molecule has 1 rings (SSSR count). The Morgan fingerprint density at radius 1 is 1.47 bits per heavy atom. The topological polar surface area (TPSA) is 60.8 Å². The molecule has 1 aromatic rings. The van der Waals surface area contributed by atoms with Crippen molar-refractivity contribution in [3.8, 4) is 0 Å². The first kappa shape index (κ1) is 11.3. The van der Waals surface area contributed by atoms with E-state index in [0.29, 0.717) is 5.69 Å². The maximum atomic E-state index is 8.38. The molecular formula is C11H14N4. The lowest BCUT2D eigenvalue weighted by Gasteiger charge is -1.98. The summed E-state index contributed by atoms with van der Waals surface area (Å²) in [6.45, 7) is 0.945. The van der Waals surface area contributed by atoms with Crippen molar-refractivity contribution in [1.29, 1.82) is 0 Å². The first-order valence-electron chi connectivity index (χ1n) is 4.83. The third-order valence-corrected chi connectivity index (χ3v) is 1.95. The summed E-state index contributed by atoms with van der Waals surface area (Å²) in [5, 5.41) is 6.68. The minimum atomic E-state index is 0.667. The van der Waals surface area contributed by atoms with Gasteiger partial charge in [-0.3, -0.25) is 0 Å². The van der Waals surface area contributed by atoms with Gasteiger partial charge in [0.15, 0.2) is 0 Å². The molecule has 0 aliphatic carbocycles. The van der Waals surface area contributed by atoms with Crippen LogP contribution >= 0.6 is 0 Å². The third-order valence-electron chi connectivity index (χ3n) is 1.95. The maximum absolute atomic E-state index is 8.38. The molecule has 78 valence electrons. The molecule has 0 amide bonds. The lowest BCUT2D eigenvalue weighted by Crippen LogP contribution is -2.05. The van der Waals surface area contributed by atoms with Crippen molar-refractivity contribution in [1.82, 2.24) is 5.32 Å². The third kappa shape index (κ3) is 3.85. The number of benzene rings is 1. The summed E-state index contributed by atoms with van der Waals surface area (Å²) in [5.74, 6) is 0. The maximum Gasteiger partial charge on any atom is 0.0447 e. The molecule has 4 nitrogen and oxygen atoms in total. The minimum absolute atomic E-state index is 0.667. The van der Waals surface area contributed by atoms with E-state index in [0.717, 1.165) is 18.5 Å². The molecule has 0 unspecified atom stereocenters. The Balaban J connectivity index is 2.75. The molecule has 0 saturated carbocycles. The van der Waals surface area contributed by atoms with Crippen molar-refractivity contribution < 1.29 is 0 Å². The van der Waals surface area contributed by atoms with E-state index in [9.17, 15) is 0 Å². The molecule has 0 aliphatic heterocycles. The van der Waals surface area contributed by atoms with Gasteiger partial charge >= 0.3 is 0 Å². The lowest BCUT2D eigenvalue weighted by molar-refractivity contribution is 0.809. The van der Waals surface area contributed by atoms with Crippen molar-refractivity contribution in [2.24, 2.45) is 5.11 Å². The van der Waals surface area contributed by atoms with Gasteiger partial charge in [0.2, 0.25) is 0 Å². The zero-order valence-corrected chi connectivity index (χ0v) is 8.72. The van der Waals surface area contributed by atoms with Gasteiger partial charge in [0, 0.05) is 10.6 Å². The smallest absolute Gasteiger partial charge is 0.0447 e. The SMILES string of the molecule is CNCCC=Cc1ccccc1N=[N+]=[N-]. The Kier molecular flexibility index (Phi) is 5.01. The van der Waals surface area contributed by atoms with Crippen molar-refractivity contribution in [2.75, 3.05) is 13.6 Å². The predicted molar refractivity (Wildman–Crippen MR) is 62.8 cm³/mol. The van der Waals surface area contributed by atoms with Crippen LogP contribution < -0.4 is 5.32 Å². The molecule has 0 atom stereocenters. The highest BCUT2D eigenvalue weighted by Gasteiger charge is 1.93. The van der Waals surface area contributed by atoms with Crippen LogP contribution in [0.2, 0.25) is 0 Å². The van der Waals surface area contributed by atoms with Crippen molar-refractivity contribution in [2.45, 2.75) is 6.42 Å². The molecule has 0 aromatic heterocycles. The lowest BCUT2D eigenvalue weighted by atomic mass is 10.1. The normalized spacial score (nSPS) is 10.2. The first-order valence-corrected chi connectivity index (χ1v) is 4.83. The Morgan fingerprint density at radius 2 is 2.27 bits per heavy atom. The van der Waals surface area contributed by atoms with Gasteiger partial charge in [-0.2, -0.15) is 0 Å². The molecule has 4 heteroatoms. The van der Waals surface area contributed by atoms with Gasteiger partial charge in [-0.05, 0) is 31.1 Å². The highest BCUT2D eigenvalue weighted by molar-refractivity contribution is 5.63. The Morgan fingerprint density at radius 3 is 3.00 bits per heavy atom. The van der Waals surface area contributed by atoms with Crippen LogP contribution in [0.3, 0.4) is 0 Å². The monoisotopic (exact) mass is 202 g/mol. The van der Waals surface area contributed by atoms with Crippen molar-refractivity contribution >= 4 is 11.8 Å². The zero-order valence-electron chi connectivity index (χ0n) is 8.72. The van der Waals surface area contributed by atoms with Crippen LogP contribution in [0.25, 0.3) is 16.5 Å². The van der Waals surface area contributed by atoms with E-state index < -0.39 is 0 Å². The standard InChI is InChI=1S/C11H14N4/c1-13-9-5-4-7-10-6-2-3-8-11(10)14-15-12/h2-4,6-8,13H,5,9H2,1H3. The molecule has 1 aromatic carbocycles. The molecule has 0 bridgehead atoms. The summed E-state index contributed by atoms with van der Waals surface area (Å²) in [5.41, 5.74) is 10.00. The molecule has 0 heterocycles. The Labute approximate surface area is 89.3 Å². The summed E-state index contributed by atoms with van der Waals surface area (Å²) in [6.07, 6.45) is 4.99. The van der Waals surface area contributed by atoms with Crippen LogP contribution in [0, 0.1) is 0 Å². The number of nitrogens with one attached hydrogen (secondary N) is 1. The molecule has 0 fully saturated rings. The summed E-state index contributed by atoms with van der Waals surface area (Å²) < 4.78 is 0. The highest BCUT2D eigenvalue weighted by atomic mass is 15.1. The van der Waals surface area contributed by atoms with Crippen LogP contribution in [-0.4, -0.2) is 13.6 Å². The Hall–Kier alpha value is -1.77. The second-order valence-electron chi connectivity index (χ2n) is 3.04. The van der Waals surface area contributed by atoms with Gasteiger partial charge in [-0.25, -0.2) is 0 Å². The van der Waals surface area contributed by atoms with E-state index in [2.05, 4.69) is 21.4 Å². The fourth-order valence-electron chi connectivity index (χ4n) is 1.21. The van der Waals surface area contributed by atoms with E-state index in [4.69, 9.17) is 5.53 Å². The van der Waals surface area contributed by atoms with Gasteiger partial charge in [0.1, 0.15) is 0 Å². The number of hydrogen-bond acceptors (Lipinski definition) is 2. The average molecular weight is 202 g/mol. The van der Waals surface area contributed by atoms with Gasteiger partial charge in [0.05, 0.1) is 0 Å². The van der Waals surface area contributed by atoms with E-state index in [-0.39, 0.29) is 0 Å². The number of nitrogens with zero attached hydrogens (tertiary/aromatic N) is 3. The van der Waals surface area contributed by atoms with Crippen LogP contribution in [-0.2, 0) is 0 Å². The zero-order chi connectivity index (χ0) is 10.9. The van der Waals surface area contributed by atoms with E-state index >= 15 is 0 Å². The van der Waals surface area contributed by atoms with Crippen LogP contribution in [0.4, 0.5) is 5.69 Å². The molecule has 0 aliphatic rings. The van der Waals surface area contributed by atoms with Gasteiger partial charge in [-0.15, -0.1) is 0 Å². The summed E-state index contributed by atoms with van der Waals surface area (Å²) in [7, 11) is 1.92.